The maximum Gasteiger partial charge on any atom is 0.229 e. The zero-order valence-corrected chi connectivity index (χ0v) is 36.6. The molecule has 8 heterocycles. The van der Waals surface area contributed by atoms with Crippen molar-refractivity contribution in [1.82, 2.24) is 49.7 Å². The van der Waals surface area contributed by atoms with Crippen molar-refractivity contribution >= 4 is 91.4 Å². The number of fused-ring (bicyclic) bond motifs is 2. The van der Waals surface area contributed by atoms with Crippen LogP contribution in [0.4, 0.5) is 11.6 Å². The van der Waals surface area contributed by atoms with Crippen molar-refractivity contribution in [3.8, 4) is 22.3 Å². The van der Waals surface area contributed by atoms with Crippen molar-refractivity contribution < 1.29 is 9.59 Å². The van der Waals surface area contributed by atoms with Crippen LogP contribution >= 0.6 is 45.9 Å². The van der Waals surface area contributed by atoms with E-state index < -0.39 is 0 Å². The molecule has 2 aliphatic rings. The number of carbonyl (C=O) groups is 2. The Kier molecular flexibility index (Phi) is 12.9. The molecule has 2 fully saturated rings. The van der Waals surface area contributed by atoms with E-state index in [1.807, 2.05) is 76.9 Å². The summed E-state index contributed by atoms with van der Waals surface area (Å²) in [6, 6.07) is 15.7. The number of hydrogen-bond donors (Lipinski definition) is 4. The van der Waals surface area contributed by atoms with Gasteiger partial charge in [-0.1, -0.05) is 35.3 Å². The summed E-state index contributed by atoms with van der Waals surface area (Å²) in [7, 11) is 0. The summed E-state index contributed by atoms with van der Waals surface area (Å²) < 4.78 is 4.15. The van der Waals surface area contributed by atoms with Crippen LogP contribution in [0.25, 0.3) is 44.3 Å². The monoisotopic (exact) mass is 904 g/mol. The number of benzene rings is 2. The molecule has 2 atom stereocenters. The van der Waals surface area contributed by atoms with Gasteiger partial charge in [0.1, 0.15) is 11.6 Å². The summed E-state index contributed by atoms with van der Waals surface area (Å²) in [4.78, 5) is 51.5. The highest BCUT2D eigenvalue weighted by atomic mass is 35.5. The first kappa shape index (κ1) is 41.7. The topological polar surface area (TPSA) is 169 Å². The zero-order chi connectivity index (χ0) is 42.4. The van der Waals surface area contributed by atoms with Gasteiger partial charge in [0.05, 0.1) is 92.1 Å². The third kappa shape index (κ3) is 9.70. The van der Waals surface area contributed by atoms with Crippen LogP contribution in [0.2, 0.25) is 10.0 Å². The summed E-state index contributed by atoms with van der Waals surface area (Å²) in [6.45, 7) is 4.67. The largest absolute Gasteiger partial charge is 0.324 e. The Morgan fingerprint density at radius 3 is 1.71 bits per heavy atom. The number of piperidine rings is 2. The van der Waals surface area contributed by atoms with E-state index in [-0.39, 0.29) is 23.7 Å². The van der Waals surface area contributed by atoms with Gasteiger partial charge in [-0.2, -0.15) is 0 Å². The highest BCUT2D eigenvalue weighted by Crippen LogP contribution is 2.33. The van der Waals surface area contributed by atoms with E-state index in [2.05, 4.69) is 66.4 Å². The van der Waals surface area contributed by atoms with Crippen LogP contribution in [-0.4, -0.2) is 77.0 Å². The standard InChI is InChI=1S/2C22H21ClN6OS/c23-18-9-25-21(28-22(30)15-2-1-5-24-8-15)7-17(18)14-3-4-20-19(6-14)26-12-29(20)10-16-11-31-13-27-16;23-18-9-25-21(28-22(30)15-2-1-5-24-8-15)7-17(18)14-3-4-19-20(6-14)29(12-26-19)10-16-11-31-13-27-16/h2*3-4,6-7,9,11-13,15,24H,1-2,5,8,10H2,(H,25,28,30)/t2*15-/m11/s1. The molecule has 6 aromatic heterocycles. The molecule has 0 aliphatic carbocycles. The quantitative estimate of drug-likeness (QED) is 0.105. The fraction of sp³-hybridized carbons (Fsp3) is 0.273. The number of imidazole rings is 2. The summed E-state index contributed by atoms with van der Waals surface area (Å²) in [6.07, 6.45) is 10.6. The van der Waals surface area contributed by atoms with Crippen LogP contribution in [0.1, 0.15) is 37.1 Å². The number of anilines is 2. The predicted octanol–water partition coefficient (Wildman–Crippen LogP) is 8.39. The van der Waals surface area contributed by atoms with Crippen molar-refractivity contribution in [1.29, 1.82) is 0 Å². The van der Waals surface area contributed by atoms with E-state index in [1.54, 1.807) is 35.1 Å². The van der Waals surface area contributed by atoms with Gasteiger partial charge in [-0.3, -0.25) is 9.59 Å². The number of thiazole rings is 2. The molecule has 2 amide bonds. The molecule has 316 valence electrons. The van der Waals surface area contributed by atoms with Crippen LogP contribution < -0.4 is 21.3 Å². The van der Waals surface area contributed by atoms with Gasteiger partial charge < -0.3 is 30.4 Å². The van der Waals surface area contributed by atoms with E-state index in [1.165, 1.54) is 0 Å². The number of aromatic nitrogens is 8. The molecule has 10 rings (SSSR count). The smallest absolute Gasteiger partial charge is 0.229 e. The maximum absolute atomic E-state index is 12.6. The second-order valence-corrected chi connectivity index (χ2v) is 17.5. The molecule has 0 bridgehead atoms. The van der Waals surface area contributed by atoms with Crippen LogP contribution in [0.3, 0.4) is 0 Å². The molecule has 2 aliphatic heterocycles. The van der Waals surface area contributed by atoms with Crippen molar-refractivity contribution in [2.75, 3.05) is 36.8 Å². The normalized spacial score (nSPS) is 16.5. The van der Waals surface area contributed by atoms with Gasteiger partial charge in [-0.25, -0.2) is 29.9 Å². The number of amides is 2. The first-order valence-corrected chi connectivity index (χ1v) is 23.0. The van der Waals surface area contributed by atoms with Crippen LogP contribution in [-0.2, 0) is 22.7 Å². The van der Waals surface area contributed by atoms with Gasteiger partial charge >= 0.3 is 0 Å². The van der Waals surface area contributed by atoms with Gasteiger partial charge in [-0.15, -0.1) is 22.7 Å². The number of nitrogens with zero attached hydrogens (tertiary/aromatic N) is 8. The first-order valence-electron chi connectivity index (χ1n) is 20.3. The van der Waals surface area contributed by atoms with E-state index >= 15 is 0 Å². The van der Waals surface area contributed by atoms with Gasteiger partial charge in [0.2, 0.25) is 11.8 Å². The van der Waals surface area contributed by atoms with E-state index in [4.69, 9.17) is 23.2 Å². The first-order chi connectivity index (χ1) is 30.3. The third-order valence-electron chi connectivity index (χ3n) is 11.0. The Hall–Kier alpha value is -5.62. The predicted molar refractivity (Wildman–Crippen MR) is 247 cm³/mol. The van der Waals surface area contributed by atoms with Crippen molar-refractivity contribution in [2.24, 2.45) is 11.8 Å². The highest BCUT2D eigenvalue weighted by molar-refractivity contribution is 7.07. The minimum atomic E-state index is -0.0360. The molecule has 14 nitrogen and oxygen atoms in total. The summed E-state index contributed by atoms with van der Waals surface area (Å²) in [5, 5.41) is 17.6. The number of carbonyl (C=O) groups excluding carboxylic acids is 2. The van der Waals surface area contributed by atoms with Gasteiger partial charge in [-0.05, 0) is 86.3 Å². The van der Waals surface area contributed by atoms with E-state index in [0.717, 1.165) is 94.5 Å². The lowest BCUT2D eigenvalue weighted by atomic mass is 9.99. The molecule has 62 heavy (non-hydrogen) atoms. The summed E-state index contributed by atoms with van der Waals surface area (Å²) in [5.74, 6) is 0.919. The zero-order valence-electron chi connectivity index (χ0n) is 33.4. The minimum absolute atomic E-state index is 0.00948. The summed E-state index contributed by atoms with van der Waals surface area (Å²) in [5.41, 5.74) is 13.0. The van der Waals surface area contributed by atoms with Crippen molar-refractivity contribution in [3.63, 3.8) is 0 Å². The van der Waals surface area contributed by atoms with Gasteiger partial charge in [0.15, 0.2) is 0 Å². The average Bonchev–Trinajstić information content (AvgIpc) is 4.16. The third-order valence-corrected chi connectivity index (χ3v) is 12.9. The molecule has 0 spiro atoms. The molecule has 18 heteroatoms. The fourth-order valence-corrected chi connectivity index (χ4v) is 9.28. The number of nitrogens with one attached hydrogen (secondary N) is 4. The molecular weight excluding hydrogens is 864 g/mol. The van der Waals surface area contributed by atoms with Crippen LogP contribution in [0.15, 0.2) is 95.4 Å². The average molecular weight is 906 g/mol. The molecule has 8 aromatic rings. The second kappa shape index (κ2) is 19.2. The molecule has 0 saturated carbocycles. The van der Waals surface area contributed by atoms with Crippen molar-refractivity contribution in [2.45, 2.75) is 38.8 Å². The molecule has 0 radical (unpaired) electrons. The van der Waals surface area contributed by atoms with Gasteiger partial charge in [0, 0.05) is 47.4 Å². The number of pyridine rings is 2. The van der Waals surface area contributed by atoms with Crippen LogP contribution in [0, 0.1) is 11.8 Å². The van der Waals surface area contributed by atoms with Crippen molar-refractivity contribution in [3.05, 3.63) is 117 Å². The molecule has 0 unspecified atom stereocenters. The van der Waals surface area contributed by atoms with Crippen LogP contribution in [0.5, 0.6) is 0 Å². The molecule has 2 aromatic carbocycles. The molecule has 2 saturated heterocycles. The Morgan fingerprint density at radius 1 is 0.645 bits per heavy atom. The Balaban J connectivity index is 0.000000158. The second-order valence-electron chi connectivity index (χ2n) is 15.3. The number of halogens is 2. The highest BCUT2D eigenvalue weighted by Gasteiger charge is 2.23. The minimum Gasteiger partial charge on any atom is -0.324 e. The lowest BCUT2D eigenvalue weighted by Crippen LogP contribution is -2.37. The lowest BCUT2D eigenvalue weighted by molar-refractivity contribution is -0.121. The van der Waals surface area contributed by atoms with E-state index in [9.17, 15) is 9.59 Å². The molecule has 4 N–H and O–H groups in total. The number of hydrogen-bond acceptors (Lipinski definition) is 12. The van der Waals surface area contributed by atoms with E-state index in [0.29, 0.717) is 47.9 Å². The number of rotatable bonds is 10. The Labute approximate surface area is 375 Å². The molecular formula is C44H42Cl2N12O2S2. The Morgan fingerprint density at radius 2 is 1.18 bits per heavy atom. The SMILES string of the molecule is O=C(Nc1cc(-c2ccc3c(c2)ncn3Cc2cscn2)c(Cl)cn1)[C@@H]1CCCNC1.O=C(Nc1cc(-c2ccc3ncn(Cc4cscn4)c3c2)c(Cl)cn1)[C@@H]1CCCNC1. The Bertz CT molecular complexity index is 2820. The maximum atomic E-state index is 12.6. The lowest BCUT2D eigenvalue weighted by Gasteiger charge is -2.21. The fourth-order valence-electron chi connectivity index (χ4n) is 7.75. The van der Waals surface area contributed by atoms with Gasteiger partial charge in [0.25, 0.3) is 0 Å². The summed E-state index contributed by atoms with van der Waals surface area (Å²) >= 11 is 16.1.